The lowest BCUT2D eigenvalue weighted by atomic mass is 9.91. The van der Waals surface area contributed by atoms with Crippen LogP contribution in [0.15, 0.2) is 24.4 Å². The number of carbonyl (C=O) groups is 1. The second kappa shape index (κ2) is 11.6. The topological polar surface area (TPSA) is 76.4 Å². The smallest absolute Gasteiger partial charge is 0.340 e. The van der Waals surface area contributed by atoms with Crippen LogP contribution in [0.4, 0.5) is 10.2 Å². The van der Waals surface area contributed by atoms with Gasteiger partial charge in [0.05, 0.1) is 25.0 Å². The van der Waals surface area contributed by atoms with Crippen LogP contribution in [0, 0.1) is 12.8 Å². The van der Waals surface area contributed by atoms with Gasteiger partial charge in [0.2, 0.25) is 0 Å². The minimum absolute atomic E-state index is 0.0627. The zero-order valence-electron chi connectivity index (χ0n) is 22.8. The largest absolute Gasteiger partial charge is 0.467 e. The Kier molecular flexibility index (Phi) is 8.31. The molecule has 8 nitrogen and oxygen atoms in total. The first kappa shape index (κ1) is 28.1. The molecule has 2 aromatic heterocycles. The Balaban J connectivity index is 1.34. The SMILES string of the molecule is COC(=O)C(F)CC1CCCN1C1CCN(c2cnc3c(C)nn([C@H](C)c4ccc(Cl)cc4Cl)c3n2)CC1C. The summed E-state index contributed by atoms with van der Waals surface area (Å²) in [7, 11) is 1.24. The van der Waals surface area contributed by atoms with Crippen LogP contribution < -0.4 is 4.90 Å². The van der Waals surface area contributed by atoms with E-state index in [0.29, 0.717) is 22.0 Å². The minimum atomic E-state index is -1.57. The molecular formula is C28H35Cl2FN6O2. The molecular weight excluding hydrogens is 542 g/mol. The van der Waals surface area contributed by atoms with Gasteiger partial charge in [-0.05, 0) is 63.3 Å². The fourth-order valence-electron chi connectivity index (χ4n) is 6.28. The van der Waals surface area contributed by atoms with Crippen LogP contribution in [0.3, 0.4) is 0 Å². The van der Waals surface area contributed by atoms with E-state index in [9.17, 15) is 9.18 Å². The number of anilines is 1. The van der Waals surface area contributed by atoms with Gasteiger partial charge in [-0.3, -0.25) is 4.90 Å². The Morgan fingerprint density at radius 2 is 2.05 bits per heavy atom. The van der Waals surface area contributed by atoms with Gasteiger partial charge in [0, 0.05) is 41.6 Å². The predicted octanol–water partition coefficient (Wildman–Crippen LogP) is 5.63. The maximum Gasteiger partial charge on any atom is 0.340 e. The molecule has 2 fully saturated rings. The molecule has 0 spiro atoms. The molecule has 4 heterocycles. The summed E-state index contributed by atoms with van der Waals surface area (Å²) in [6.07, 6.45) is 3.31. The summed E-state index contributed by atoms with van der Waals surface area (Å²) >= 11 is 12.6. The molecule has 0 N–H and O–H groups in total. The predicted molar refractivity (Wildman–Crippen MR) is 151 cm³/mol. The van der Waals surface area contributed by atoms with Gasteiger partial charge in [-0.15, -0.1) is 0 Å². The molecule has 0 amide bonds. The van der Waals surface area contributed by atoms with E-state index >= 15 is 0 Å². The number of benzene rings is 1. The van der Waals surface area contributed by atoms with Crippen molar-refractivity contribution in [1.29, 1.82) is 0 Å². The van der Waals surface area contributed by atoms with Gasteiger partial charge in [0.25, 0.3) is 0 Å². The molecule has 2 saturated heterocycles. The molecule has 2 aliphatic rings. The van der Waals surface area contributed by atoms with E-state index in [1.165, 1.54) is 7.11 Å². The van der Waals surface area contributed by atoms with Crippen molar-refractivity contribution in [3.05, 3.63) is 45.7 Å². The third kappa shape index (κ3) is 5.58. The van der Waals surface area contributed by atoms with Gasteiger partial charge in [-0.1, -0.05) is 36.2 Å². The first-order valence-electron chi connectivity index (χ1n) is 13.6. The van der Waals surface area contributed by atoms with Gasteiger partial charge < -0.3 is 9.64 Å². The summed E-state index contributed by atoms with van der Waals surface area (Å²) < 4.78 is 20.9. The monoisotopic (exact) mass is 576 g/mol. The molecule has 3 aromatic rings. The highest BCUT2D eigenvalue weighted by Gasteiger charge is 2.39. The van der Waals surface area contributed by atoms with E-state index in [2.05, 4.69) is 21.5 Å². The number of carbonyl (C=O) groups excluding carboxylic acids is 1. The fraction of sp³-hybridized carbons (Fsp3) is 0.571. The minimum Gasteiger partial charge on any atom is -0.467 e. The molecule has 0 aliphatic carbocycles. The average molecular weight is 578 g/mol. The van der Waals surface area contributed by atoms with E-state index in [0.717, 1.165) is 67.1 Å². The van der Waals surface area contributed by atoms with Crippen LogP contribution in [0.1, 0.15) is 56.8 Å². The van der Waals surface area contributed by atoms with Crippen molar-refractivity contribution in [2.24, 2.45) is 5.92 Å². The Morgan fingerprint density at radius 1 is 1.26 bits per heavy atom. The number of methoxy groups -OCH3 is 1. The summed E-state index contributed by atoms with van der Waals surface area (Å²) in [6, 6.07) is 5.72. The van der Waals surface area contributed by atoms with Crippen molar-refractivity contribution < 1.29 is 13.9 Å². The first-order chi connectivity index (χ1) is 18.7. The number of nitrogens with zero attached hydrogens (tertiary/aromatic N) is 6. The molecule has 5 atom stereocenters. The molecule has 0 bridgehead atoms. The lowest BCUT2D eigenvalue weighted by Gasteiger charge is -2.44. The number of likely N-dealkylation sites (tertiary alicyclic amines) is 1. The third-order valence-electron chi connectivity index (χ3n) is 8.31. The van der Waals surface area contributed by atoms with E-state index in [4.69, 9.17) is 38.3 Å². The highest BCUT2D eigenvalue weighted by Crippen LogP contribution is 2.34. The van der Waals surface area contributed by atoms with Crippen molar-refractivity contribution in [3.8, 4) is 0 Å². The molecule has 1 aromatic carbocycles. The average Bonchev–Trinajstić information content (AvgIpc) is 3.51. The van der Waals surface area contributed by atoms with Crippen molar-refractivity contribution in [2.75, 3.05) is 31.6 Å². The quantitative estimate of drug-likeness (QED) is 0.337. The summed E-state index contributed by atoms with van der Waals surface area (Å²) in [5, 5.41) is 5.93. The Labute approximate surface area is 238 Å². The highest BCUT2D eigenvalue weighted by atomic mass is 35.5. The summed E-state index contributed by atoms with van der Waals surface area (Å²) in [5.74, 6) is 0.378. The van der Waals surface area contributed by atoms with Gasteiger partial charge in [0.1, 0.15) is 11.3 Å². The second-order valence-corrected chi connectivity index (χ2v) is 11.7. The van der Waals surface area contributed by atoms with Gasteiger partial charge in [0.15, 0.2) is 11.8 Å². The number of alkyl halides is 1. The van der Waals surface area contributed by atoms with Crippen molar-refractivity contribution in [1.82, 2.24) is 24.6 Å². The van der Waals surface area contributed by atoms with E-state index in [1.54, 1.807) is 6.07 Å². The van der Waals surface area contributed by atoms with Gasteiger partial charge in [-0.2, -0.15) is 5.10 Å². The summed E-state index contributed by atoms with van der Waals surface area (Å²) in [5.41, 5.74) is 3.21. The van der Waals surface area contributed by atoms with Crippen LogP contribution in [0.25, 0.3) is 11.2 Å². The zero-order valence-corrected chi connectivity index (χ0v) is 24.3. The lowest BCUT2D eigenvalue weighted by Crippen LogP contribution is -2.52. The molecule has 4 unspecified atom stereocenters. The van der Waals surface area contributed by atoms with E-state index in [1.807, 2.05) is 36.9 Å². The van der Waals surface area contributed by atoms with Gasteiger partial charge in [-0.25, -0.2) is 23.8 Å². The molecule has 2 aliphatic heterocycles. The van der Waals surface area contributed by atoms with E-state index < -0.39 is 12.1 Å². The highest BCUT2D eigenvalue weighted by molar-refractivity contribution is 6.35. The van der Waals surface area contributed by atoms with Crippen LogP contribution in [-0.4, -0.2) is 75.6 Å². The van der Waals surface area contributed by atoms with E-state index in [-0.39, 0.29) is 18.5 Å². The molecule has 0 radical (unpaired) electrons. The number of hydrogen-bond donors (Lipinski definition) is 0. The standard InChI is InChI=1S/C28H35Cl2FN6O2/c1-16-15-35(11-9-24(16)36-10-5-6-20(36)13-23(31)28(38)39-4)25-14-32-26-17(2)34-37(27(26)33-25)18(3)21-8-7-19(29)12-22(21)30/h7-8,12,14,16,18,20,23-24H,5-6,9-11,13,15H2,1-4H3/t16?,18-,20?,23?,24?/m1/s1. The Hall–Kier alpha value is -2.49. The van der Waals surface area contributed by atoms with Crippen molar-refractivity contribution in [3.63, 3.8) is 0 Å². The maximum atomic E-state index is 14.4. The summed E-state index contributed by atoms with van der Waals surface area (Å²) in [6.45, 7) is 8.78. The number of ether oxygens (including phenoxy) is 1. The van der Waals surface area contributed by atoms with Crippen LogP contribution in [0.5, 0.6) is 0 Å². The van der Waals surface area contributed by atoms with Crippen LogP contribution in [-0.2, 0) is 9.53 Å². The fourth-order valence-corrected chi connectivity index (χ4v) is 6.85. The first-order valence-corrected chi connectivity index (χ1v) is 14.3. The molecule has 0 saturated carbocycles. The number of fused-ring (bicyclic) bond motifs is 1. The number of halogens is 3. The van der Waals surface area contributed by atoms with Crippen LogP contribution in [0.2, 0.25) is 10.0 Å². The molecule has 11 heteroatoms. The number of esters is 1. The third-order valence-corrected chi connectivity index (χ3v) is 8.87. The van der Waals surface area contributed by atoms with Crippen LogP contribution >= 0.6 is 23.2 Å². The van der Waals surface area contributed by atoms with Crippen molar-refractivity contribution >= 4 is 46.2 Å². The summed E-state index contributed by atoms with van der Waals surface area (Å²) in [4.78, 5) is 26.1. The number of piperidine rings is 1. The van der Waals surface area contributed by atoms with Gasteiger partial charge >= 0.3 is 5.97 Å². The zero-order chi connectivity index (χ0) is 27.8. The Morgan fingerprint density at radius 3 is 2.77 bits per heavy atom. The lowest BCUT2D eigenvalue weighted by molar-refractivity contribution is -0.147. The molecule has 210 valence electrons. The molecule has 39 heavy (non-hydrogen) atoms. The number of rotatable bonds is 7. The maximum absolute atomic E-state index is 14.4. The molecule has 5 rings (SSSR count). The normalized spacial score (nSPS) is 23.8. The Bertz CT molecular complexity index is 1350. The number of hydrogen-bond acceptors (Lipinski definition) is 7. The van der Waals surface area contributed by atoms with Crippen molar-refractivity contribution in [2.45, 2.75) is 70.8 Å². The number of aryl methyl sites for hydroxylation is 1. The number of aromatic nitrogens is 4. The second-order valence-electron chi connectivity index (χ2n) is 10.8.